The van der Waals surface area contributed by atoms with Gasteiger partial charge in [-0.1, -0.05) is 19.1 Å². The fraction of sp³-hybridized carbons (Fsp3) is 0.364. The van der Waals surface area contributed by atoms with Crippen LogP contribution in [0, 0.1) is 0 Å². The molecule has 0 fully saturated rings. The van der Waals surface area contributed by atoms with Crippen LogP contribution in [-0.4, -0.2) is 11.4 Å². The minimum Gasteiger partial charge on any atom is -0.383 e. The predicted octanol–water partition coefficient (Wildman–Crippen LogP) is 2.98. The fourth-order valence-corrected chi connectivity index (χ4v) is 1.42. The smallest absolute Gasteiger partial charge is 0.257 e. The minimum atomic E-state index is -2.42. The zero-order chi connectivity index (χ0) is 11.3. The van der Waals surface area contributed by atoms with E-state index in [1.807, 2.05) is 13.0 Å². The summed E-state index contributed by atoms with van der Waals surface area (Å²) in [6.07, 6.45) is 2.26. The fourth-order valence-electron chi connectivity index (χ4n) is 1.42. The van der Waals surface area contributed by atoms with Crippen LogP contribution in [0.25, 0.3) is 0 Å². The van der Waals surface area contributed by atoms with Crippen molar-refractivity contribution in [3.05, 3.63) is 36.0 Å². The van der Waals surface area contributed by atoms with Crippen molar-refractivity contribution in [3.63, 3.8) is 0 Å². The quantitative estimate of drug-likeness (QED) is 0.779. The van der Waals surface area contributed by atoms with Crippen LogP contribution in [0.1, 0.15) is 24.8 Å². The summed E-state index contributed by atoms with van der Waals surface area (Å²) in [5.74, 6) is 0.316. The third kappa shape index (κ3) is 3.31. The molecular weight excluding hydrogens is 198 g/mol. The molecule has 0 bridgehead atoms. The number of hydrogen-bond acceptors (Lipinski definition) is 2. The number of hydrogen-bond donors (Lipinski definition) is 1. The average Bonchev–Trinajstić information content (AvgIpc) is 2.21. The highest BCUT2D eigenvalue weighted by atomic mass is 19.3. The van der Waals surface area contributed by atoms with Crippen molar-refractivity contribution in [1.29, 1.82) is 0 Å². The van der Waals surface area contributed by atoms with Gasteiger partial charge in [-0.2, -0.15) is 0 Å². The highest BCUT2D eigenvalue weighted by Crippen LogP contribution is 2.24. The van der Waals surface area contributed by atoms with Crippen molar-refractivity contribution in [1.82, 2.24) is 4.98 Å². The number of nitrogen functional groups attached to an aromatic ring is 1. The summed E-state index contributed by atoms with van der Waals surface area (Å²) >= 11 is 0. The van der Waals surface area contributed by atoms with E-state index >= 15 is 0 Å². The molecule has 1 aromatic rings. The van der Waals surface area contributed by atoms with E-state index in [2.05, 4.69) is 4.98 Å². The number of anilines is 1. The molecule has 1 unspecified atom stereocenters. The molecule has 2 nitrogen and oxygen atoms in total. The molecular formula is C11H14F2N2. The Morgan fingerprint density at radius 2 is 2.20 bits per heavy atom. The van der Waals surface area contributed by atoms with E-state index in [9.17, 15) is 8.78 Å². The Labute approximate surface area is 87.8 Å². The highest BCUT2D eigenvalue weighted by molar-refractivity contribution is 5.42. The molecule has 82 valence electrons. The first-order valence-corrected chi connectivity index (χ1v) is 4.82. The maximum Gasteiger partial charge on any atom is 0.257 e. The number of pyridine rings is 1. The molecule has 0 aliphatic rings. The van der Waals surface area contributed by atoms with Crippen molar-refractivity contribution in [2.75, 3.05) is 5.73 Å². The van der Waals surface area contributed by atoms with E-state index in [1.54, 1.807) is 12.3 Å². The minimum absolute atomic E-state index is 0.0901. The lowest BCUT2D eigenvalue weighted by Gasteiger charge is -2.12. The van der Waals surface area contributed by atoms with Gasteiger partial charge in [0.15, 0.2) is 0 Å². The van der Waals surface area contributed by atoms with Crippen LogP contribution >= 0.6 is 0 Å². The molecule has 0 saturated carbocycles. The molecule has 1 atom stereocenters. The van der Waals surface area contributed by atoms with Gasteiger partial charge in [0.1, 0.15) is 5.82 Å². The van der Waals surface area contributed by atoms with Crippen molar-refractivity contribution in [2.24, 2.45) is 0 Å². The maximum absolute atomic E-state index is 12.0. The summed E-state index contributed by atoms with van der Waals surface area (Å²) in [6, 6.07) is 3.57. The number of nitrogens with two attached hydrogens (primary N) is 1. The lowest BCUT2D eigenvalue weighted by molar-refractivity contribution is 0.203. The zero-order valence-electron chi connectivity index (χ0n) is 8.53. The number of nitrogens with zero attached hydrogens (tertiary/aromatic N) is 1. The van der Waals surface area contributed by atoms with Gasteiger partial charge in [-0.05, 0) is 18.6 Å². The Morgan fingerprint density at radius 3 is 2.73 bits per heavy atom. The summed E-state index contributed by atoms with van der Waals surface area (Å²) in [5, 5.41) is 0. The number of allylic oxidation sites excluding steroid dienone is 2. The van der Waals surface area contributed by atoms with Gasteiger partial charge in [-0.15, -0.1) is 0 Å². The van der Waals surface area contributed by atoms with E-state index in [0.717, 1.165) is 18.1 Å². The molecule has 0 saturated heterocycles. The van der Waals surface area contributed by atoms with Crippen LogP contribution in [0.4, 0.5) is 14.6 Å². The molecule has 4 heteroatoms. The number of rotatable bonds is 4. The Balaban J connectivity index is 2.88. The highest BCUT2D eigenvalue weighted by Gasteiger charge is 2.10. The third-order valence-corrected chi connectivity index (χ3v) is 2.20. The number of alkyl halides is 2. The molecule has 0 aliphatic carbocycles. The summed E-state index contributed by atoms with van der Waals surface area (Å²) in [5.41, 5.74) is 6.47. The second-order valence-corrected chi connectivity index (χ2v) is 3.21. The topological polar surface area (TPSA) is 38.9 Å². The molecule has 0 amide bonds. The standard InChI is InChI=1S/C11H14F2N2/c1-2-8(5-6-10(12)13)9-4-3-7-15-11(9)14/h3-8,10H,2H2,1H3,(H2,14,15)/b6-5+. The number of halogens is 2. The van der Waals surface area contributed by atoms with Gasteiger partial charge in [-0.3, -0.25) is 0 Å². The summed E-state index contributed by atoms with van der Waals surface area (Å²) in [7, 11) is 0. The van der Waals surface area contributed by atoms with Crippen molar-refractivity contribution < 1.29 is 8.78 Å². The van der Waals surface area contributed by atoms with Gasteiger partial charge in [-0.25, -0.2) is 13.8 Å². The van der Waals surface area contributed by atoms with E-state index in [4.69, 9.17) is 5.73 Å². The summed E-state index contributed by atoms with van der Waals surface area (Å²) < 4.78 is 24.0. The van der Waals surface area contributed by atoms with E-state index in [1.165, 1.54) is 6.08 Å². The Morgan fingerprint density at radius 1 is 1.47 bits per heavy atom. The van der Waals surface area contributed by atoms with Crippen LogP contribution < -0.4 is 5.73 Å². The molecule has 0 aliphatic heterocycles. The second-order valence-electron chi connectivity index (χ2n) is 3.21. The van der Waals surface area contributed by atoms with Crippen molar-refractivity contribution in [3.8, 4) is 0 Å². The van der Waals surface area contributed by atoms with Crippen LogP contribution in [0.5, 0.6) is 0 Å². The number of aromatic nitrogens is 1. The lowest BCUT2D eigenvalue weighted by atomic mass is 9.96. The SMILES string of the molecule is CCC(/C=C/C(F)F)c1cccnc1N. The normalized spacial score (nSPS) is 13.6. The zero-order valence-corrected chi connectivity index (χ0v) is 8.53. The first-order chi connectivity index (χ1) is 7.15. The van der Waals surface area contributed by atoms with Crippen LogP contribution in [0.15, 0.2) is 30.5 Å². The first-order valence-electron chi connectivity index (χ1n) is 4.82. The molecule has 1 heterocycles. The Bertz CT molecular complexity index is 337. The van der Waals surface area contributed by atoms with E-state index < -0.39 is 6.43 Å². The molecule has 1 aromatic heterocycles. The monoisotopic (exact) mass is 212 g/mol. The van der Waals surface area contributed by atoms with Gasteiger partial charge >= 0.3 is 0 Å². The van der Waals surface area contributed by atoms with Crippen LogP contribution in [0.3, 0.4) is 0 Å². The Kier molecular flexibility index (Phi) is 4.21. The second kappa shape index (κ2) is 5.44. The maximum atomic E-state index is 12.0. The summed E-state index contributed by atoms with van der Waals surface area (Å²) in [4.78, 5) is 3.93. The average molecular weight is 212 g/mol. The molecule has 15 heavy (non-hydrogen) atoms. The third-order valence-electron chi connectivity index (χ3n) is 2.20. The Hall–Kier alpha value is -1.45. The molecule has 1 rings (SSSR count). The molecule has 0 spiro atoms. The van der Waals surface area contributed by atoms with Crippen LogP contribution in [-0.2, 0) is 0 Å². The lowest BCUT2D eigenvalue weighted by Crippen LogP contribution is -2.02. The summed E-state index contributed by atoms with van der Waals surface area (Å²) in [6.45, 7) is 1.92. The van der Waals surface area contributed by atoms with Crippen molar-refractivity contribution >= 4 is 5.82 Å². The van der Waals surface area contributed by atoms with Gasteiger partial charge < -0.3 is 5.73 Å². The molecule has 0 radical (unpaired) electrons. The molecule has 2 N–H and O–H groups in total. The largest absolute Gasteiger partial charge is 0.383 e. The van der Waals surface area contributed by atoms with E-state index in [-0.39, 0.29) is 5.92 Å². The van der Waals surface area contributed by atoms with Crippen molar-refractivity contribution in [2.45, 2.75) is 25.7 Å². The van der Waals surface area contributed by atoms with Gasteiger partial charge in [0.2, 0.25) is 0 Å². The molecule has 0 aromatic carbocycles. The van der Waals surface area contributed by atoms with Crippen LogP contribution in [0.2, 0.25) is 0 Å². The first kappa shape index (κ1) is 11.6. The predicted molar refractivity (Wildman–Crippen MR) is 56.8 cm³/mol. The van der Waals surface area contributed by atoms with Gasteiger partial charge in [0.05, 0.1) is 0 Å². The van der Waals surface area contributed by atoms with E-state index in [0.29, 0.717) is 5.82 Å². The van der Waals surface area contributed by atoms with Gasteiger partial charge in [0.25, 0.3) is 6.43 Å². The van der Waals surface area contributed by atoms with Gasteiger partial charge in [0, 0.05) is 17.7 Å².